The van der Waals surface area contributed by atoms with Crippen LogP contribution < -0.4 is 0 Å². The van der Waals surface area contributed by atoms with Gasteiger partial charge in [-0.1, -0.05) is 110 Å². The van der Waals surface area contributed by atoms with E-state index in [4.69, 9.17) is 0 Å². The van der Waals surface area contributed by atoms with E-state index in [-0.39, 0.29) is 5.41 Å². The Bertz CT molecular complexity index is 2600. The number of fused-ring (bicyclic) bond motifs is 10. The molecule has 3 atom stereocenters. The Hall–Kier alpha value is -5.08. The van der Waals surface area contributed by atoms with Crippen LogP contribution in [0.4, 0.5) is 0 Å². The molecule has 2 aliphatic heterocycles. The topological polar surface area (TPSA) is 9.86 Å². The summed E-state index contributed by atoms with van der Waals surface area (Å²) >= 11 is 0. The lowest BCUT2D eigenvalue weighted by Crippen LogP contribution is -2.41. The highest BCUT2D eigenvalue weighted by Crippen LogP contribution is 2.70. The molecule has 4 heterocycles. The van der Waals surface area contributed by atoms with Crippen molar-refractivity contribution in [2.45, 2.75) is 30.6 Å². The van der Waals surface area contributed by atoms with Crippen LogP contribution in [0.15, 0.2) is 121 Å². The average Bonchev–Trinajstić information content (AvgIpc) is 3.84. The van der Waals surface area contributed by atoms with Crippen LogP contribution in [0.5, 0.6) is 0 Å². The second-order valence-corrected chi connectivity index (χ2v) is 13.5. The summed E-state index contributed by atoms with van der Waals surface area (Å²) in [6.07, 6.45) is 3.86. The van der Waals surface area contributed by atoms with Crippen molar-refractivity contribution in [3.8, 4) is 22.5 Å². The van der Waals surface area contributed by atoms with Crippen LogP contribution in [0.3, 0.4) is 0 Å². The molecule has 6 aromatic carbocycles. The van der Waals surface area contributed by atoms with Gasteiger partial charge < -0.3 is 9.13 Å². The molecule has 1 fully saturated rings. The third-order valence-electron chi connectivity index (χ3n) is 12.0. The van der Waals surface area contributed by atoms with E-state index in [9.17, 15) is 0 Å². The molecular formula is C42H28N2. The molecule has 12 rings (SSSR count). The predicted molar refractivity (Wildman–Crippen MR) is 181 cm³/mol. The maximum absolute atomic E-state index is 2.68. The molecule has 2 heteroatoms. The molecule has 1 spiro atoms. The van der Waals surface area contributed by atoms with Gasteiger partial charge in [-0.15, -0.1) is 0 Å². The van der Waals surface area contributed by atoms with E-state index in [1.165, 1.54) is 90.9 Å². The summed E-state index contributed by atoms with van der Waals surface area (Å²) in [5.41, 5.74) is 17.0. The van der Waals surface area contributed by atoms with Gasteiger partial charge in [-0.25, -0.2) is 0 Å². The number of benzene rings is 6. The Balaban J connectivity index is 1.42. The molecule has 8 aromatic rings. The van der Waals surface area contributed by atoms with E-state index in [1.54, 1.807) is 16.7 Å². The van der Waals surface area contributed by atoms with Crippen LogP contribution >= 0.6 is 0 Å². The quantitative estimate of drug-likeness (QED) is 0.189. The Morgan fingerprint density at radius 1 is 0.545 bits per heavy atom. The summed E-state index contributed by atoms with van der Waals surface area (Å²) in [5, 5.41) is 5.46. The minimum absolute atomic E-state index is 0.181. The number of aromatic nitrogens is 2. The minimum Gasteiger partial charge on any atom is -0.309 e. The Labute approximate surface area is 254 Å². The number of rotatable bonds is 1. The van der Waals surface area contributed by atoms with Crippen LogP contribution in [0.1, 0.15) is 47.4 Å². The summed E-state index contributed by atoms with van der Waals surface area (Å²) in [5.74, 6) is 1.13. The first-order chi connectivity index (χ1) is 21.9. The van der Waals surface area contributed by atoms with Crippen molar-refractivity contribution < 1.29 is 0 Å². The van der Waals surface area contributed by atoms with Gasteiger partial charge in [0.1, 0.15) is 0 Å². The molecule has 206 valence electrons. The second kappa shape index (κ2) is 7.34. The number of para-hydroxylation sites is 3. The van der Waals surface area contributed by atoms with Gasteiger partial charge in [0.15, 0.2) is 0 Å². The van der Waals surface area contributed by atoms with Gasteiger partial charge in [0, 0.05) is 32.7 Å². The molecule has 2 nitrogen and oxygen atoms in total. The molecule has 0 radical (unpaired) electrons. The normalized spacial score (nSPS) is 21.9. The van der Waals surface area contributed by atoms with Crippen molar-refractivity contribution in [3.63, 3.8) is 0 Å². The van der Waals surface area contributed by atoms with E-state index in [1.807, 2.05) is 0 Å². The molecule has 0 bridgehead atoms. The smallest absolute Gasteiger partial charge is 0.0607 e. The summed E-state index contributed by atoms with van der Waals surface area (Å²) < 4.78 is 5.30. The van der Waals surface area contributed by atoms with Crippen LogP contribution in [0, 0.1) is 5.92 Å². The lowest BCUT2D eigenvalue weighted by Gasteiger charge is -2.46. The van der Waals surface area contributed by atoms with Crippen molar-refractivity contribution in [1.29, 1.82) is 0 Å². The number of hydrogen-bond donors (Lipinski definition) is 0. The maximum Gasteiger partial charge on any atom is 0.0607 e. The third-order valence-corrected chi connectivity index (χ3v) is 12.0. The SMILES string of the molecule is c1ccc(-c2ccc3c4c2-n2c5ccccc5c5ccc6c(c52)C4(c2cccc4c5ccccc5n-6c24)C2CCCC32)cc1. The molecule has 2 aromatic heterocycles. The zero-order valence-corrected chi connectivity index (χ0v) is 24.2. The Morgan fingerprint density at radius 3 is 2.11 bits per heavy atom. The maximum atomic E-state index is 2.68. The van der Waals surface area contributed by atoms with Crippen molar-refractivity contribution in [2.24, 2.45) is 5.92 Å². The fraction of sp³-hybridized carbons (Fsp3) is 0.143. The van der Waals surface area contributed by atoms with Crippen molar-refractivity contribution in [2.75, 3.05) is 0 Å². The molecule has 2 aliphatic carbocycles. The standard InChI is InChI=1S/C42H28N2/c1-2-10-24(11-3-1)25-20-21-29-26-14-8-16-32(26)42-33-17-9-15-30-27-12-4-6-18-34(27)43(39(30)33)36-23-22-31-28-13-5-7-19-35(28)44(40(25)37(29)42)41(31)38(36)42/h1-7,9-13,15,17-23,26,32H,8,14,16H2. The van der Waals surface area contributed by atoms with Crippen molar-refractivity contribution >= 4 is 43.6 Å². The highest BCUT2D eigenvalue weighted by Gasteiger charge is 2.62. The van der Waals surface area contributed by atoms with E-state index in [0.717, 1.165) is 0 Å². The summed E-state index contributed by atoms with van der Waals surface area (Å²) in [4.78, 5) is 0. The molecule has 4 aliphatic rings. The summed E-state index contributed by atoms with van der Waals surface area (Å²) in [6.45, 7) is 0. The lowest BCUT2D eigenvalue weighted by molar-refractivity contribution is 0.383. The average molecular weight is 561 g/mol. The van der Waals surface area contributed by atoms with Gasteiger partial charge in [0.05, 0.1) is 38.9 Å². The molecule has 0 amide bonds. The van der Waals surface area contributed by atoms with E-state index >= 15 is 0 Å². The molecule has 3 unspecified atom stereocenters. The number of nitrogens with zero attached hydrogens (tertiary/aromatic N) is 2. The van der Waals surface area contributed by atoms with Gasteiger partial charge in [0.25, 0.3) is 0 Å². The van der Waals surface area contributed by atoms with Gasteiger partial charge in [-0.2, -0.15) is 0 Å². The monoisotopic (exact) mass is 560 g/mol. The predicted octanol–water partition coefficient (Wildman–Crippen LogP) is 10.4. The van der Waals surface area contributed by atoms with Crippen LogP contribution in [-0.4, -0.2) is 9.13 Å². The van der Waals surface area contributed by atoms with Gasteiger partial charge >= 0.3 is 0 Å². The summed E-state index contributed by atoms with van der Waals surface area (Å²) in [6, 6.07) is 46.4. The lowest BCUT2D eigenvalue weighted by atomic mass is 9.60. The molecule has 0 saturated heterocycles. The van der Waals surface area contributed by atoms with E-state index < -0.39 is 0 Å². The fourth-order valence-corrected chi connectivity index (χ4v) is 10.7. The van der Waals surface area contributed by atoms with Gasteiger partial charge in [-0.05, 0) is 65.1 Å². The van der Waals surface area contributed by atoms with Gasteiger partial charge in [-0.3, -0.25) is 0 Å². The highest BCUT2D eigenvalue weighted by molar-refractivity contribution is 6.17. The third kappa shape index (κ3) is 2.21. The summed E-state index contributed by atoms with van der Waals surface area (Å²) in [7, 11) is 0. The zero-order valence-electron chi connectivity index (χ0n) is 24.2. The van der Waals surface area contributed by atoms with E-state index in [2.05, 4.69) is 130 Å². The van der Waals surface area contributed by atoms with Gasteiger partial charge in [0.2, 0.25) is 0 Å². The largest absolute Gasteiger partial charge is 0.309 e. The number of hydrogen-bond acceptors (Lipinski definition) is 0. The Kier molecular flexibility index (Phi) is 3.75. The van der Waals surface area contributed by atoms with Crippen LogP contribution in [0.25, 0.3) is 66.1 Å². The minimum atomic E-state index is -0.181. The molecular weight excluding hydrogens is 532 g/mol. The first kappa shape index (κ1) is 22.5. The second-order valence-electron chi connectivity index (χ2n) is 13.5. The first-order valence-corrected chi connectivity index (χ1v) is 16.2. The molecule has 1 saturated carbocycles. The van der Waals surface area contributed by atoms with Crippen LogP contribution in [-0.2, 0) is 5.41 Å². The fourth-order valence-electron chi connectivity index (χ4n) is 10.7. The molecule has 0 N–H and O–H groups in total. The van der Waals surface area contributed by atoms with Crippen LogP contribution in [0.2, 0.25) is 0 Å². The zero-order chi connectivity index (χ0) is 28.3. The first-order valence-electron chi connectivity index (χ1n) is 16.2. The molecule has 44 heavy (non-hydrogen) atoms. The Morgan fingerprint density at radius 2 is 1.27 bits per heavy atom. The highest BCUT2D eigenvalue weighted by atomic mass is 15.1. The van der Waals surface area contributed by atoms with Crippen molar-refractivity contribution in [3.05, 3.63) is 144 Å². The van der Waals surface area contributed by atoms with Crippen molar-refractivity contribution in [1.82, 2.24) is 9.13 Å². The van der Waals surface area contributed by atoms with E-state index in [0.29, 0.717) is 11.8 Å².